The number of carbonyl (C=O) groups excluding carboxylic acids is 2. The summed E-state index contributed by atoms with van der Waals surface area (Å²) in [7, 11) is 0. The van der Waals surface area contributed by atoms with E-state index in [0.717, 1.165) is 0 Å². The molecule has 0 aliphatic rings. The van der Waals surface area contributed by atoms with E-state index in [9.17, 15) is 36.6 Å². The number of alkyl halides is 5. The van der Waals surface area contributed by atoms with Crippen molar-refractivity contribution in [2.45, 2.75) is 50.8 Å². The fourth-order valence-electron chi connectivity index (χ4n) is 1.44. The summed E-state index contributed by atoms with van der Waals surface area (Å²) in [5, 5.41) is 10.3. The number of hydrogen-bond acceptors (Lipinski definition) is 5. The molecule has 0 aliphatic heterocycles. The lowest BCUT2D eigenvalue weighted by Gasteiger charge is -2.27. The lowest BCUT2D eigenvalue weighted by Crippen LogP contribution is -2.50. The molecule has 10 heteroatoms. The summed E-state index contributed by atoms with van der Waals surface area (Å²) in [6.45, 7) is -0.612. The second-order valence-electron chi connectivity index (χ2n) is 4.44. The molecule has 0 saturated heterocycles. The number of carboxylic acid groups (broad SMARTS) is 1. The van der Waals surface area contributed by atoms with Gasteiger partial charge < -0.3 is 19.4 Å². The van der Waals surface area contributed by atoms with Crippen LogP contribution in [0.1, 0.15) is 32.6 Å². The van der Waals surface area contributed by atoms with E-state index in [2.05, 4.69) is 4.74 Å². The maximum atomic E-state index is 13.2. The molecule has 1 atom stereocenters. The maximum Gasteiger partial charge on any atom is 0.422 e. The van der Waals surface area contributed by atoms with E-state index in [1.807, 2.05) is 0 Å². The highest BCUT2D eigenvalue weighted by Gasteiger charge is 2.41. The zero-order chi connectivity index (χ0) is 17.4. The molecule has 1 unspecified atom stereocenters. The van der Waals surface area contributed by atoms with Crippen molar-refractivity contribution in [3.63, 3.8) is 0 Å². The normalized spacial score (nSPS) is 13.7. The van der Waals surface area contributed by atoms with Gasteiger partial charge in [-0.3, -0.25) is 4.79 Å². The Kier molecular flexibility index (Phi) is 8.28. The fourth-order valence-corrected chi connectivity index (χ4v) is 1.44. The first-order chi connectivity index (χ1) is 10.0. The van der Waals surface area contributed by atoms with Crippen LogP contribution < -0.4 is 5.11 Å². The summed E-state index contributed by atoms with van der Waals surface area (Å²) in [4.78, 5) is 21.3. The molecule has 0 aliphatic carbocycles. The van der Waals surface area contributed by atoms with Crippen LogP contribution in [0.4, 0.5) is 22.0 Å². The van der Waals surface area contributed by atoms with Crippen LogP contribution in [0.15, 0.2) is 0 Å². The number of hydrogen-bond donors (Lipinski definition) is 0. The molecule has 0 aromatic carbocycles. The topological polar surface area (TPSA) is 75.7 Å². The third-order valence-corrected chi connectivity index (χ3v) is 2.47. The summed E-state index contributed by atoms with van der Waals surface area (Å²) in [5.74, 6) is -7.91. The van der Waals surface area contributed by atoms with Crippen molar-refractivity contribution >= 4 is 11.9 Å². The number of carboxylic acids is 1. The van der Waals surface area contributed by atoms with Gasteiger partial charge in [-0.05, 0) is 12.8 Å². The van der Waals surface area contributed by atoms with Crippen LogP contribution in [0.3, 0.4) is 0 Å². The SMILES string of the molecule is CCCC(OCCCC(=O)OCC(F)(F)F)C(F)(F)C(=O)[O-]. The van der Waals surface area contributed by atoms with Crippen LogP contribution >= 0.6 is 0 Å². The standard InChI is InChI=1S/C12H17F5O5/c1-2-4-8(12(16,17)10(19)20)21-6-3-5-9(18)22-7-11(13,14)15/h8H,2-7H2,1H3,(H,19,20)/p-1. The van der Waals surface area contributed by atoms with Crippen LogP contribution in [0.25, 0.3) is 0 Å². The third kappa shape index (κ3) is 8.11. The molecular weight excluding hydrogens is 319 g/mol. The van der Waals surface area contributed by atoms with Crippen LogP contribution in [0, 0.1) is 0 Å². The van der Waals surface area contributed by atoms with Gasteiger partial charge >= 0.3 is 18.1 Å². The first kappa shape index (κ1) is 20.6. The minimum atomic E-state index is -4.64. The van der Waals surface area contributed by atoms with E-state index in [0.29, 0.717) is 0 Å². The monoisotopic (exact) mass is 335 g/mol. The predicted octanol–water partition coefficient (Wildman–Crippen LogP) is 1.44. The Morgan fingerprint density at radius 1 is 1.18 bits per heavy atom. The molecule has 0 N–H and O–H groups in total. The Labute approximate surface area is 123 Å². The van der Waals surface area contributed by atoms with Crippen molar-refractivity contribution in [2.24, 2.45) is 0 Å². The smallest absolute Gasteiger partial charge is 0.422 e. The van der Waals surface area contributed by atoms with Gasteiger partial charge in [0.05, 0.1) is 0 Å². The fraction of sp³-hybridized carbons (Fsp3) is 0.833. The first-order valence-electron chi connectivity index (χ1n) is 6.44. The first-order valence-corrected chi connectivity index (χ1v) is 6.44. The van der Waals surface area contributed by atoms with E-state index < -0.39 is 49.8 Å². The molecule has 0 heterocycles. The maximum absolute atomic E-state index is 13.2. The highest BCUT2D eigenvalue weighted by molar-refractivity contribution is 5.73. The number of esters is 1. The molecule has 22 heavy (non-hydrogen) atoms. The zero-order valence-corrected chi connectivity index (χ0v) is 11.8. The Balaban J connectivity index is 4.15. The van der Waals surface area contributed by atoms with Gasteiger partial charge in [0.1, 0.15) is 12.1 Å². The van der Waals surface area contributed by atoms with Crippen LogP contribution in [-0.4, -0.2) is 43.4 Å². The molecule has 0 rings (SSSR count). The van der Waals surface area contributed by atoms with Crippen molar-refractivity contribution in [1.82, 2.24) is 0 Å². The van der Waals surface area contributed by atoms with E-state index in [4.69, 9.17) is 4.74 Å². The summed E-state index contributed by atoms with van der Waals surface area (Å²) < 4.78 is 70.3. The quantitative estimate of drug-likeness (QED) is 0.343. The van der Waals surface area contributed by atoms with E-state index in [-0.39, 0.29) is 19.3 Å². The van der Waals surface area contributed by atoms with Crippen molar-refractivity contribution in [3.8, 4) is 0 Å². The summed E-state index contributed by atoms with van der Waals surface area (Å²) >= 11 is 0. The van der Waals surface area contributed by atoms with Crippen LogP contribution in [0.5, 0.6) is 0 Å². The van der Waals surface area contributed by atoms with Gasteiger partial charge in [0, 0.05) is 13.0 Å². The van der Waals surface area contributed by atoms with Crippen molar-refractivity contribution in [2.75, 3.05) is 13.2 Å². The highest BCUT2D eigenvalue weighted by Crippen LogP contribution is 2.24. The lowest BCUT2D eigenvalue weighted by atomic mass is 10.1. The molecule has 0 amide bonds. The molecule has 0 aromatic heterocycles. The third-order valence-electron chi connectivity index (χ3n) is 2.47. The number of rotatable bonds is 10. The highest BCUT2D eigenvalue weighted by atomic mass is 19.4. The molecule has 5 nitrogen and oxygen atoms in total. The molecule has 0 fully saturated rings. The zero-order valence-electron chi connectivity index (χ0n) is 11.8. The van der Waals surface area contributed by atoms with Gasteiger partial charge in [-0.15, -0.1) is 0 Å². The molecular formula is C12H16F5O5-. The molecule has 0 bridgehead atoms. The van der Waals surface area contributed by atoms with Gasteiger partial charge in [0.15, 0.2) is 6.61 Å². The summed E-state index contributed by atoms with van der Waals surface area (Å²) in [6.07, 6.45) is -7.24. The second-order valence-corrected chi connectivity index (χ2v) is 4.44. The summed E-state index contributed by atoms with van der Waals surface area (Å²) in [6, 6.07) is 0. The Morgan fingerprint density at radius 2 is 1.77 bits per heavy atom. The van der Waals surface area contributed by atoms with Gasteiger partial charge in [0.2, 0.25) is 0 Å². The Bertz CT molecular complexity index is 369. The number of aliphatic carboxylic acids is 1. The molecule has 0 saturated carbocycles. The molecule has 0 radical (unpaired) electrons. The average Bonchev–Trinajstić information content (AvgIpc) is 2.38. The van der Waals surface area contributed by atoms with Crippen LogP contribution in [-0.2, 0) is 19.1 Å². The average molecular weight is 335 g/mol. The second kappa shape index (κ2) is 8.86. The van der Waals surface area contributed by atoms with Crippen molar-refractivity contribution in [1.29, 1.82) is 0 Å². The largest absolute Gasteiger partial charge is 0.544 e. The minimum absolute atomic E-state index is 0.181. The summed E-state index contributed by atoms with van der Waals surface area (Å²) in [5.41, 5.74) is 0. The van der Waals surface area contributed by atoms with Gasteiger partial charge in [0.25, 0.3) is 0 Å². The van der Waals surface area contributed by atoms with Gasteiger partial charge in [-0.25, -0.2) is 0 Å². The lowest BCUT2D eigenvalue weighted by molar-refractivity contribution is -0.337. The van der Waals surface area contributed by atoms with Gasteiger partial charge in [-0.2, -0.15) is 22.0 Å². The predicted molar refractivity (Wildman–Crippen MR) is 60.9 cm³/mol. The Morgan fingerprint density at radius 3 is 2.23 bits per heavy atom. The van der Waals surface area contributed by atoms with E-state index in [1.54, 1.807) is 0 Å². The number of ether oxygens (including phenoxy) is 2. The Hall–Kier alpha value is -1.45. The van der Waals surface area contributed by atoms with Crippen molar-refractivity contribution < 1.29 is 46.1 Å². The van der Waals surface area contributed by atoms with Crippen molar-refractivity contribution in [3.05, 3.63) is 0 Å². The molecule has 0 aromatic rings. The van der Waals surface area contributed by atoms with E-state index in [1.165, 1.54) is 6.92 Å². The molecule has 0 spiro atoms. The van der Waals surface area contributed by atoms with Gasteiger partial charge in [-0.1, -0.05) is 13.3 Å². The van der Waals surface area contributed by atoms with E-state index >= 15 is 0 Å². The molecule has 130 valence electrons. The number of carbonyl (C=O) groups is 2. The number of halogens is 5. The minimum Gasteiger partial charge on any atom is -0.544 e. The van der Waals surface area contributed by atoms with Crippen LogP contribution in [0.2, 0.25) is 0 Å².